The highest BCUT2D eigenvalue weighted by atomic mass is 35.5. The molecule has 0 bridgehead atoms. The molecule has 0 aliphatic carbocycles. The third kappa shape index (κ3) is 1.68. The Morgan fingerprint density at radius 2 is 2.08 bits per heavy atom. The number of anilines is 2. The minimum atomic E-state index is -0.186. The fraction of sp³-hybridized carbons (Fsp3) is 0.125. The monoisotopic (exact) mass is 184 g/mol. The Morgan fingerprint density at radius 3 is 2.58 bits per heavy atom. The molecule has 0 amide bonds. The van der Waals surface area contributed by atoms with Gasteiger partial charge in [0.25, 0.3) is 0 Å². The lowest BCUT2D eigenvalue weighted by Gasteiger charge is -2.02. The fourth-order valence-corrected chi connectivity index (χ4v) is 1.05. The standard InChI is InChI=1S/C8H9ClN2O/c9-4-8(12)6-2-1-5(10)3-7(6)11/h1-3H,4,10-11H2. The highest BCUT2D eigenvalue weighted by molar-refractivity contribution is 6.31. The van der Waals surface area contributed by atoms with Crippen LogP contribution in [0.2, 0.25) is 0 Å². The van der Waals surface area contributed by atoms with Gasteiger partial charge in [-0.2, -0.15) is 0 Å². The normalized spacial score (nSPS) is 9.75. The predicted octanol–water partition coefficient (Wildman–Crippen LogP) is 1.27. The van der Waals surface area contributed by atoms with Crippen LogP contribution in [-0.2, 0) is 0 Å². The summed E-state index contributed by atoms with van der Waals surface area (Å²) in [4.78, 5) is 11.1. The lowest BCUT2D eigenvalue weighted by atomic mass is 10.1. The molecular weight excluding hydrogens is 176 g/mol. The third-order valence-corrected chi connectivity index (χ3v) is 1.74. The summed E-state index contributed by atoms with van der Waals surface area (Å²) in [5.74, 6) is -0.247. The molecule has 4 heteroatoms. The van der Waals surface area contributed by atoms with E-state index >= 15 is 0 Å². The van der Waals surface area contributed by atoms with Crippen LogP contribution in [0.15, 0.2) is 18.2 Å². The zero-order valence-corrected chi connectivity index (χ0v) is 7.14. The second-order valence-corrected chi connectivity index (χ2v) is 2.67. The summed E-state index contributed by atoms with van der Waals surface area (Å²) in [6, 6.07) is 4.74. The maximum atomic E-state index is 11.1. The highest BCUT2D eigenvalue weighted by Crippen LogP contribution is 2.16. The van der Waals surface area contributed by atoms with Crippen molar-refractivity contribution < 1.29 is 4.79 Å². The molecule has 0 atom stereocenters. The van der Waals surface area contributed by atoms with Crippen molar-refractivity contribution in [3.63, 3.8) is 0 Å². The molecule has 0 radical (unpaired) electrons. The van der Waals surface area contributed by atoms with Gasteiger partial charge in [0.05, 0.1) is 5.88 Å². The van der Waals surface area contributed by atoms with Crippen molar-refractivity contribution in [1.29, 1.82) is 0 Å². The number of Topliss-reactive ketones (excluding diaryl/α,β-unsaturated/α-hetero) is 1. The van der Waals surface area contributed by atoms with E-state index in [2.05, 4.69) is 0 Å². The molecule has 3 nitrogen and oxygen atoms in total. The van der Waals surface area contributed by atoms with Gasteiger partial charge in [0, 0.05) is 16.9 Å². The molecule has 1 aromatic carbocycles. The van der Waals surface area contributed by atoms with E-state index in [1.165, 1.54) is 0 Å². The van der Waals surface area contributed by atoms with Crippen LogP contribution >= 0.6 is 11.6 Å². The van der Waals surface area contributed by atoms with E-state index in [4.69, 9.17) is 23.1 Å². The number of carbonyl (C=O) groups is 1. The number of carbonyl (C=O) groups excluding carboxylic acids is 1. The van der Waals surface area contributed by atoms with Crippen LogP contribution in [0, 0.1) is 0 Å². The molecule has 1 rings (SSSR count). The van der Waals surface area contributed by atoms with Crippen LogP contribution in [0.4, 0.5) is 11.4 Å². The Morgan fingerprint density at radius 1 is 1.42 bits per heavy atom. The first-order chi connectivity index (χ1) is 5.65. The summed E-state index contributed by atoms with van der Waals surface area (Å²) in [7, 11) is 0. The smallest absolute Gasteiger partial charge is 0.179 e. The average Bonchev–Trinajstić information content (AvgIpc) is 2.03. The first-order valence-electron chi connectivity index (χ1n) is 3.39. The molecule has 0 fully saturated rings. The van der Waals surface area contributed by atoms with Crippen molar-refractivity contribution >= 4 is 28.8 Å². The van der Waals surface area contributed by atoms with Crippen LogP contribution in [0.3, 0.4) is 0 Å². The molecule has 0 saturated heterocycles. The van der Waals surface area contributed by atoms with Gasteiger partial charge >= 0.3 is 0 Å². The lowest BCUT2D eigenvalue weighted by molar-refractivity contribution is 0.102. The summed E-state index contributed by atoms with van der Waals surface area (Å²) < 4.78 is 0. The van der Waals surface area contributed by atoms with Gasteiger partial charge in [0.2, 0.25) is 0 Å². The zero-order valence-electron chi connectivity index (χ0n) is 6.38. The Hall–Kier alpha value is -1.22. The summed E-state index contributed by atoms with van der Waals surface area (Å²) in [5, 5.41) is 0. The number of hydrogen-bond acceptors (Lipinski definition) is 3. The molecule has 0 saturated carbocycles. The Kier molecular flexibility index (Phi) is 2.55. The van der Waals surface area contributed by atoms with Crippen molar-refractivity contribution in [2.24, 2.45) is 0 Å². The molecule has 1 aromatic rings. The maximum Gasteiger partial charge on any atom is 0.179 e. The quantitative estimate of drug-likeness (QED) is 0.413. The molecule has 0 aliphatic heterocycles. The minimum Gasteiger partial charge on any atom is -0.399 e. The predicted molar refractivity (Wildman–Crippen MR) is 50.3 cm³/mol. The van der Waals surface area contributed by atoms with Gasteiger partial charge in [0.15, 0.2) is 5.78 Å². The number of nitrogens with two attached hydrogens (primary N) is 2. The Bertz CT molecular complexity index is 312. The Balaban J connectivity index is 3.09. The summed E-state index contributed by atoms with van der Waals surface area (Å²) >= 11 is 5.36. The second kappa shape index (κ2) is 3.45. The number of nitrogen functional groups attached to an aromatic ring is 2. The first kappa shape index (κ1) is 8.87. The Labute approximate surface area is 75.3 Å². The van der Waals surface area contributed by atoms with Gasteiger partial charge in [-0.15, -0.1) is 11.6 Å². The van der Waals surface area contributed by atoms with Crippen molar-refractivity contribution in [2.45, 2.75) is 0 Å². The molecule has 0 unspecified atom stereocenters. The molecule has 12 heavy (non-hydrogen) atoms. The molecular formula is C8H9ClN2O. The summed E-state index contributed by atoms with van der Waals surface area (Å²) in [6.45, 7) is 0. The number of rotatable bonds is 2. The number of alkyl halides is 1. The maximum absolute atomic E-state index is 11.1. The van der Waals surface area contributed by atoms with Crippen LogP contribution in [0.5, 0.6) is 0 Å². The van der Waals surface area contributed by atoms with E-state index in [1.807, 2.05) is 0 Å². The van der Waals surface area contributed by atoms with Gasteiger partial charge in [-0.05, 0) is 18.2 Å². The number of benzene rings is 1. The number of ketones is 1. The van der Waals surface area contributed by atoms with E-state index in [-0.39, 0.29) is 11.7 Å². The van der Waals surface area contributed by atoms with Crippen molar-refractivity contribution in [2.75, 3.05) is 17.3 Å². The van der Waals surface area contributed by atoms with Gasteiger partial charge in [0.1, 0.15) is 0 Å². The topological polar surface area (TPSA) is 69.1 Å². The SMILES string of the molecule is Nc1ccc(C(=O)CCl)c(N)c1. The van der Waals surface area contributed by atoms with Crippen molar-refractivity contribution in [3.8, 4) is 0 Å². The number of halogens is 1. The van der Waals surface area contributed by atoms with E-state index in [1.54, 1.807) is 18.2 Å². The second-order valence-electron chi connectivity index (χ2n) is 2.40. The van der Waals surface area contributed by atoms with Gasteiger partial charge < -0.3 is 11.5 Å². The fourth-order valence-electron chi connectivity index (χ4n) is 0.907. The average molecular weight is 185 g/mol. The number of hydrogen-bond donors (Lipinski definition) is 2. The van der Waals surface area contributed by atoms with Crippen LogP contribution in [0.25, 0.3) is 0 Å². The minimum absolute atomic E-state index is 0.0614. The van der Waals surface area contributed by atoms with E-state index in [0.29, 0.717) is 16.9 Å². The molecule has 0 heterocycles. The van der Waals surface area contributed by atoms with Crippen LogP contribution in [-0.4, -0.2) is 11.7 Å². The van der Waals surface area contributed by atoms with Crippen molar-refractivity contribution in [1.82, 2.24) is 0 Å². The molecule has 64 valence electrons. The van der Waals surface area contributed by atoms with E-state index in [0.717, 1.165) is 0 Å². The lowest BCUT2D eigenvalue weighted by Crippen LogP contribution is -2.05. The third-order valence-electron chi connectivity index (χ3n) is 1.50. The highest BCUT2D eigenvalue weighted by Gasteiger charge is 2.07. The van der Waals surface area contributed by atoms with Crippen molar-refractivity contribution in [3.05, 3.63) is 23.8 Å². The van der Waals surface area contributed by atoms with Gasteiger partial charge in [-0.25, -0.2) is 0 Å². The first-order valence-corrected chi connectivity index (χ1v) is 3.92. The van der Waals surface area contributed by atoms with Crippen LogP contribution in [0.1, 0.15) is 10.4 Å². The van der Waals surface area contributed by atoms with Gasteiger partial charge in [-0.3, -0.25) is 4.79 Å². The molecule has 0 aliphatic rings. The summed E-state index contributed by atoms with van der Waals surface area (Å²) in [5.41, 5.74) is 12.3. The molecule has 0 aromatic heterocycles. The summed E-state index contributed by atoms with van der Waals surface area (Å²) in [6.07, 6.45) is 0. The van der Waals surface area contributed by atoms with Crippen LogP contribution < -0.4 is 11.5 Å². The molecule has 0 spiro atoms. The molecule has 4 N–H and O–H groups in total. The largest absolute Gasteiger partial charge is 0.399 e. The zero-order chi connectivity index (χ0) is 9.14. The van der Waals surface area contributed by atoms with E-state index in [9.17, 15) is 4.79 Å². The van der Waals surface area contributed by atoms with E-state index < -0.39 is 0 Å². The van der Waals surface area contributed by atoms with Gasteiger partial charge in [-0.1, -0.05) is 0 Å².